The van der Waals surface area contributed by atoms with E-state index in [0.29, 0.717) is 0 Å². The number of hydrogen-bond acceptors (Lipinski definition) is 0. The van der Waals surface area contributed by atoms with Crippen molar-refractivity contribution >= 4 is 0 Å². The molecule has 0 saturated carbocycles. The summed E-state index contributed by atoms with van der Waals surface area (Å²) in [7, 11) is 0. The molecule has 0 amide bonds. The lowest BCUT2D eigenvalue weighted by molar-refractivity contribution is 0.446. The second kappa shape index (κ2) is 2.72. The third-order valence-corrected chi connectivity index (χ3v) is 2.84. The van der Waals surface area contributed by atoms with Crippen LogP contribution in [0.3, 0.4) is 0 Å². The molecule has 0 aromatic carbocycles. The zero-order valence-corrected chi connectivity index (χ0v) is 7.06. The zero-order valence-electron chi connectivity index (χ0n) is 7.06. The van der Waals surface area contributed by atoms with Crippen molar-refractivity contribution in [2.24, 2.45) is 5.92 Å². The standard InChI is InChI=1S/C10H15N/c1-2-8-3-4-9-6-11-7-10(9)5-8/h6-8,11H,2-5H2,1H3. The minimum absolute atomic E-state index is 0.943. The monoisotopic (exact) mass is 149 g/mol. The van der Waals surface area contributed by atoms with Crippen LogP contribution in [0.25, 0.3) is 0 Å². The first-order chi connectivity index (χ1) is 5.40. The van der Waals surface area contributed by atoms with E-state index in [4.69, 9.17) is 0 Å². The molecule has 0 saturated heterocycles. The van der Waals surface area contributed by atoms with E-state index < -0.39 is 0 Å². The maximum atomic E-state index is 3.18. The van der Waals surface area contributed by atoms with Crippen molar-refractivity contribution in [3.63, 3.8) is 0 Å². The van der Waals surface area contributed by atoms with Crippen LogP contribution in [-0.2, 0) is 12.8 Å². The summed E-state index contributed by atoms with van der Waals surface area (Å²) in [6.07, 6.45) is 9.64. The van der Waals surface area contributed by atoms with Gasteiger partial charge in [-0.1, -0.05) is 13.3 Å². The largest absolute Gasteiger partial charge is 0.367 e. The van der Waals surface area contributed by atoms with Crippen molar-refractivity contribution in [1.82, 2.24) is 4.98 Å². The number of aromatic nitrogens is 1. The number of fused-ring (bicyclic) bond motifs is 1. The first-order valence-electron chi connectivity index (χ1n) is 4.54. The van der Waals surface area contributed by atoms with Crippen molar-refractivity contribution in [3.8, 4) is 0 Å². The molecule has 1 aliphatic carbocycles. The highest BCUT2D eigenvalue weighted by Gasteiger charge is 2.16. The van der Waals surface area contributed by atoms with Crippen LogP contribution in [0.4, 0.5) is 0 Å². The van der Waals surface area contributed by atoms with Crippen LogP contribution >= 0.6 is 0 Å². The highest BCUT2D eigenvalue weighted by atomic mass is 14.6. The van der Waals surface area contributed by atoms with E-state index in [1.54, 1.807) is 11.1 Å². The van der Waals surface area contributed by atoms with Gasteiger partial charge in [-0.3, -0.25) is 0 Å². The maximum absolute atomic E-state index is 3.18. The molecule has 2 rings (SSSR count). The lowest BCUT2D eigenvalue weighted by Gasteiger charge is -2.20. The molecule has 11 heavy (non-hydrogen) atoms. The summed E-state index contributed by atoms with van der Waals surface area (Å²) >= 11 is 0. The molecule has 0 aliphatic heterocycles. The SMILES string of the molecule is CCC1CCc2c[nH]cc2C1. The summed E-state index contributed by atoms with van der Waals surface area (Å²) in [5.41, 5.74) is 3.11. The molecular formula is C10H15N. The molecule has 0 radical (unpaired) electrons. The van der Waals surface area contributed by atoms with E-state index in [-0.39, 0.29) is 0 Å². The molecule has 0 fully saturated rings. The Hall–Kier alpha value is -0.720. The summed E-state index contributed by atoms with van der Waals surface area (Å²) in [4.78, 5) is 3.18. The molecule has 1 aromatic rings. The van der Waals surface area contributed by atoms with Crippen molar-refractivity contribution in [3.05, 3.63) is 23.5 Å². The quantitative estimate of drug-likeness (QED) is 0.631. The summed E-state index contributed by atoms with van der Waals surface area (Å²) in [5, 5.41) is 0. The van der Waals surface area contributed by atoms with Gasteiger partial charge in [0.1, 0.15) is 0 Å². The van der Waals surface area contributed by atoms with E-state index >= 15 is 0 Å². The number of rotatable bonds is 1. The highest BCUT2D eigenvalue weighted by molar-refractivity contribution is 5.26. The Morgan fingerprint density at radius 1 is 1.45 bits per heavy atom. The van der Waals surface area contributed by atoms with Crippen LogP contribution in [-0.4, -0.2) is 4.98 Å². The van der Waals surface area contributed by atoms with Gasteiger partial charge in [-0.25, -0.2) is 0 Å². The molecule has 1 N–H and O–H groups in total. The number of H-pyrrole nitrogens is 1. The van der Waals surface area contributed by atoms with Gasteiger partial charge in [0.15, 0.2) is 0 Å². The van der Waals surface area contributed by atoms with E-state index in [1.807, 2.05) is 0 Å². The molecule has 1 nitrogen and oxygen atoms in total. The van der Waals surface area contributed by atoms with Gasteiger partial charge < -0.3 is 4.98 Å². The van der Waals surface area contributed by atoms with Crippen molar-refractivity contribution in [1.29, 1.82) is 0 Å². The molecule has 1 aromatic heterocycles. The van der Waals surface area contributed by atoms with Crippen LogP contribution in [0.5, 0.6) is 0 Å². The zero-order chi connectivity index (χ0) is 7.68. The Labute approximate surface area is 67.8 Å². The Balaban J connectivity index is 2.18. The predicted octanol–water partition coefficient (Wildman–Crippen LogP) is 2.53. The summed E-state index contributed by atoms with van der Waals surface area (Å²) in [5.74, 6) is 0.943. The van der Waals surface area contributed by atoms with Crippen molar-refractivity contribution in [2.75, 3.05) is 0 Å². The van der Waals surface area contributed by atoms with E-state index in [9.17, 15) is 0 Å². The van der Waals surface area contributed by atoms with Crippen LogP contribution in [0.1, 0.15) is 30.9 Å². The Bertz CT molecular complexity index is 237. The maximum Gasteiger partial charge on any atom is 0.00403 e. The molecule has 1 atom stereocenters. The summed E-state index contributed by atoms with van der Waals surface area (Å²) in [6.45, 7) is 2.29. The van der Waals surface area contributed by atoms with Gasteiger partial charge in [-0.15, -0.1) is 0 Å². The third-order valence-electron chi connectivity index (χ3n) is 2.84. The van der Waals surface area contributed by atoms with E-state index in [0.717, 1.165) is 5.92 Å². The second-order valence-corrected chi connectivity index (χ2v) is 3.52. The minimum Gasteiger partial charge on any atom is -0.367 e. The van der Waals surface area contributed by atoms with Crippen LogP contribution in [0, 0.1) is 5.92 Å². The Morgan fingerprint density at radius 3 is 3.09 bits per heavy atom. The second-order valence-electron chi connectivity index (χ2n) is 3.52. The molecule has 60 valence electrons. The van der Waals surface area contributed by atoms with Gasteiger partial charge in [-0.05, 0) is 36.3 Å². The van der Waals surface area contributed by atoms with E-state index in [2.05, 4.69) is 24.3 Å². The number of nitrogens with one attached hydrogen (secondary N) is 1. The number of hydrogen-bond donors (Lipinski definition) is 1. The Morgan fingerprint density at radius 2 is 2.27 bits per heavy atom. The molecule has 0 spiro atoms. The molecule has 1 aliphatic rings. The van der Waals surface area contributed by atoms with E-state index in [1.165, 1.54) is 25.7 Å². The van der Waals surface area contributed by atoms with Gasteiger partial charge in [-0.2, -0.15) is 0 Å². The lowest BCUT2D eigenvalue weighted by Crippen LogP contribution is -2.11. The first-order valence-corrected chi connectivity index (χ1v) is 4.54. The molecule has 1 heterocycles. The number of aromatic amines is 1. The average molecular weight is 149 g/mol. The average Bonchev–Trinajstić information content (AvgIpc) is 2.50. The fourth-order valence-electron chi connectivity index (χ4n) is 1.97. The van der Waals surface area contributed by atoms with Crippen LogP contribution < -0.4 is 0 Å². The molecular weight excluding hydrogens is 134 g/mol. The van der Waals surface area contributed by atoms with Crippen molar-refractivity contribution in [2.45, 2.75) is 32.6 Å². The Kier molecular flexibility index (Phi) is 1.72. The molecule has 1 unspecified atom stereocenters. The normalized spacial score (nSPS) is 23.2. The number of aryl methyl sites for hydroxylation is 1. The predicted molar refractivity (Wildman–Crippen MR) is 46.6 cm³/mol. The smallest absolute Gasteiger partial charge is 0.00403 e. The summed E-state index contributed by atoms with van der Waals surface area (Å²) < 4.78 is 0. The van der Waals surface area contributed by atoms with Crippen molar-refractivity contribution < 1.29 is 0 Å². The highest BCUT2D eigenvalue weighted by Crippen LogP contribution is 2.26. The fraction of sp³-hybridized carbons (Fsp3) is 0.600. The minimum atomic E-state index is 0.943. The third kappa shape index (κ3) is 1.20. The first kappa shape index (κ1) is 6.96. The van der Waals surface area contributed by atoms with Gasteiger partial charge in [0.2, 0.25) is 0 Å². The van der Waals surface area contributed by atoms with Gasteiger partial charge >= 0.3 is 0 Å². The van der Waals surface area contributed by atoms with Gasteiger partial charge in [0.05, 0.1) is 0 Å². The van der Waals surface area contributed by atoms with Crippen LogP contribution in [0.15, 0.2) is 12.4 Å². The molecule has 1 heteroatoms. The molecule has 0 bridgehead atoms. The topological polar surface area (TPSA) is 15.8 Å². The van der Waals surface area contributed by atoms with Gasteiger partial charge in [0, 0.05) is 12.4 Å². The fourth-order valence-corrected chi connectivity index (χ4v) is 1.97. The lowest BCUT2D eigenvalue weighted by atomic mass is 9.85. The van der Waals surface area contributed by atoms with Gasteiger partial charge in [0.25, 0.3) is 0 Å². The summed E-state index contributed by atoms with van der Waals surface area (Å²) in [6, 6.07) is 0. The van der Waals surface area contributed by atoms with Crippen LogP contribution in [0.2, 0.25) is 0 Å².